The zero-order valence-corrected chi connectivity index (χ0v) is 9.23. The highest BCUT2D eigenvalue weighted by atomic mass is 16.4. The topological polar surface area (TPSA) is 79.3 Å². The molecule has 0 fully saturated rings. The van der Waals surface area contributed by atoms with Crippen molar-refractivity contribution >= 4 is 11.9 Å². The van der Waals surface area contributed by atoms with Crippen molar-refractivity contribution in [2.45, 2.75) is 25.8 Å². The zero-order valence-electron chi connectivity index (χ0n) is 9.23. The second-order valence-electron chi connectivity index (χ2n) is 4.15. The first kappa shape index (κ1) is 12.2. The second-order valence-corrected chi connectivity index (χ2v) is 4.15. The molecule has 0 unspecified atom stereocenters. The van der Waals surface area contributed by atoms with Gasteiger partial charge in [0, 0.05) is 17.9 Å². The van der Waals surface area contributed by atoms with Gasteiger partial charge < -0.3 is 10.4 Å². The minimum atomic E-state index is -0.948. The third-order valence-electron chi connectivity index (χ3n) is 1.97. The van der Waals surface area contributed by atoms with E-state index in [1.54, 1.807) is 32.2 Å². The largest absolute Gasteiger partial charge is 0.481 e. The van der Waals surface area contributed by atoms with Gasteiger partial charge in [0.25, 0.3) is 5.91 Å². The number of carbonyl (C=O) groups excluding carboxylic acids is 1. The van der Waals surface area contributed by atoms with Crippen LogP contribution in [0.2, 0.25) is 0 Å². The third-order valence-corrected chi connectivity index (χ3v) is 1.97. The highest BCUT2D eigenvalue weighted by Crippen LogP contribution is 2.09. The van der Waals surface area contributed by atoms with Gasteiger partial charge in [0.2, 0.25) is 0 Å². The molecule has 0 aliphatic rings. The first-order valence-corrected chi connectivity index (χ1v) is 4.85. The summed E-state index contributed by atoms with van der Waals surface area (Å²) in [6, 6.07) is 3.28. The van der Waals surface area contributed by atoms with Gasteiger partial charge >= 0.3 is 5.97 Å². The van der Waals surface area contributed by atoms with Gasteiger partial charge in [-0.1, -0.05) is 0 Å². The van der Waals surface area contributed by atoms with Gasteiger partial charge in [-0.05, 0) is 26.0 Å². The van der Waals surface area contributed by atoms with Crippen LogP contribution in [-0.2, 0) is 4.79 Å². The quantitative estimate of drug-likeness (QED) is 0.798. The Morgan fingerprint density at radius 3 is 2.69 bits per heavy atom. The molecule has 0 aliphatic heterocycles. The number of pyridine rings is 1. The molecule has 1 rings (SSSR count). The third kappa shape index (κ3) is 3.68. The second kappa shape index (κ2) is 4.74. The maximum atomic E-state index is 11.7. The van der Waals surface area contributed by atoms with Crippen molar-refractivity contribution in [1.29, 1.82) is 0 Å². The van der Waals surface area contributed by atoms with E-state index < -0.39 is 11.5 Å². The summed E-state index contributed by atoms with van der Waals surface area (Å²) >= 11 is 0. The molecule has 1 amide bonds. The predicted molar refractivity (Wildman–Crippen MR) is 58.0 cm³/mol. The molecular formula is C11H14N2O3. The van der Waals surface area contributed by atoms with Crippen LogP contribution in [0.15, 0.2) is 24.5 Å². The molecule has 0 aliphatic carbocycles. The molecule has 2 N–H and O–H groups in total. The van der Waals surface area contributed by atoms with Crippen molar-refractivity contribution in [3.05, 3.63) is 30.1 Å². The van der Waals surface area contributed by atoms with Gasteiger partial charge in [0.1, 0.15) is 0 Å². The first-order chi connectivity index (χ1) is 7.41. The molecule has 1 aromatic heterocycles. The minimum Gasteiger partial charge on any atom is -0.481 e. The normalized spacial score (nSPS) is 10.9. The molecule has 0 radical (unpaired) electrons. The summed E-state index contributed by atoms with van der Waals surface area (Å²) in [5.41, 5.74) is -0.361. The number of nitrogens with zero attached hydrogens (tertiary/aromatic N) is 1. The molecule has 0 spiro atoms. The summed E-state index contributed by atoms with van der Waals surface area (Å²) in [5.74, 6) is -1.27. The van der Waals surface area contributed by atoms with Crippen molar-refractivity contribution in [1.82, 2.24) is 10.3 Å². The Kier molecular flexibility index (Phi) is 3.60. The summed E-state index contributed by atoms with van der Waals surface area (Å²) in [6.07, 6.45) is 2.88. The zero-order chi connectivity index (χ0) is 12.2. The minimum absolute atomic E-state index is 0.126. The lowest BCUT2D eigenvalue weighted by Gasteiger charge is -2.24. The Balaban J connectivity index is 2.68. The number of aromatic nitrogens is 1. The van der Waals surface area contributed by atoms with E-state index in [-0.39, 0.29) is 12.3 Å². The smallest absolute Gasteiger partial charge is 0.305 e. The Labute approximate surface area is 93.5 Å². The van der Waals surface area contributed by atoms with Gasteiger partial charge in [0.15, 0.2) is 0 Å². The molecule has 1 heterocycles. The lowest BCUT2D eigenvalue weighted by molar-refractivity contribution is -0.138. The van der Waals surface area contributed by atoms with Crippen LogP contribution < -0.4 is 5.32 Å². The van der Waals surface area contributed by atoms with E-state index in [1.165, 1.54) is 6.20 Å². The molecule has 0 aromatic carbocycles. The van der Waals surface area contributed by atoms with Crippen LogP contribution in [0.5, 0.6) is 0 Å². The maximum absolute atomic E-state index is 11.7. The lowest BCUT2D eigenvalue weighted by Crippen LogP contribution is -2.44. The average Bonchev–Trinajstić information content (AvgIpc) is 2.16. The van der Waals surface area contributed by atoms with Gasteiger partial charge in [-0.15, -0.1) is 0 Å². The highest BCUT2D eigenvalue weighted by Gasteiger charge is 2.24. The molecule has 1 aromatic rings. The Hall–Kier alpha value is -1.91. The van der Waals surface area contributed by atoms with Gasteiger partial charge in [-0.25, -0.2) is 0 Å². The van der Waals surface area contributed by atoms with Crippen LogP contribution in [0.25, 0.3) is 0 Å². The number of carbonyl (C=O) groups is 2. The van der Waals surface area contributed by atoms with Crippen molar-refractivity contribution < 1.29 is 14.7 Å². The lowest BCUT2D eigenvalue weighted by atomic mass is 10.0. The van der Waals surface area contributed by atoms with Gasteiger partial charge in [-0.3, -0.25) is 14.6 Å². The highest BCUT2D eigenvalue weighted by molar-refractivity contribution is 5.94. The van der Waals surface area contributed by atoms with E-state index in [2.05, 4.69) is 10.3 Å². The number of hydrogen-bond donors (Lipinski definition) is 2. The molecule has 16 heavy (non-hydrogen) atoms. The molecule has 0 saturated heterocycles. The Morgan fingerprint density at radius 2 is 2.19 bits per heavy atom. The average molecular weight is 222 g/mol. The summed E-state index contributed by atoms with van der Waals surface area (Å²) in [4.78, 5) is 26.1. The van der Waals surface area contributed by atoms with Gasteiger partial charge in [0.05, 0.1) is 12.0 Å². The summed E-state index contributed by atoms with van der Waals surface area (Å²) < 4.78 is 0. The SMILES string of the molecule is CC(C)(CC(=O)O)NC(=O)c1cccnc1. The fraction of sp³-hybridized carbons (Fsp3) is 0.364. The molecule has 0 bridgehead atoms. The van der Waals surface area contributed by atoms with Crippen LogP contribution in [-0.4, -0.2) is 27.5 Å². The number of hydrogen-bond acceptors (Lipinski definition) is 3. The van der Waals surface area contributed by atoms with E-state index in [9.17, 15) is 9.59 Å². The number of amides is 1. The molecule has 0 atom stereocenters. The summed E-state index contributed by atoms with van der Waals surface area (Å²) in [7, 11) is 0. The van der Waals surface area contributed by atoms with Crippen LogP contribution in [0.1, 0.15) is 30.6 Å². The fourth-order valence-electron chi connectivity index (χ4n) is 1.30. The van der Waals surface area contributed by atoms with Crippen LogP contribution in [0.3, 0.4) is 0 Å². The summed E-state index contributed by atoms with van der Waals surface area (Å²) in [6.45, 7) is 3.32. The van der Waals surface area contributed by atoms with E-state index >= 15 is 0 Å². The monoisotopic (exact) mass is 222 g/mol. The summed E-state index contributed by atoms with van der Waals surface area (Å²) in [5, 5.41) is 11.3. The van der Waals surface area contributed by atoms with E-state index in [1.807, 2.05) is 0 Å². The number of carboxylic acid groups (broad SMARTS) is 1. The molecule has 5 heteroatoms. The molecular weight excluding hydrogens is 208 g/mol. The number of carboxylic acids is 1. The molecule has 0 saturated carbocycles. The maximum Gasteiger partial charge on any atom is 0.305 e. The van der Waals surface area contributed by atoms with Crippen molar-refractivity contribution in [3.8, 4) is 0 Å². The van der Waals surface area contributed by atoms with Crippen molar-refractivity contribution in [2.75, 3.05) is 0 Å². The van der Waals surface area contributed by atoms with Crippen LogP contribution in [0.4, 0.5) is 0 Å². The number of aliphatic carboxylic acids is 1. The fourth-order valence-corrected chi connectivity index (χ4v) is 1.30. The Bertz CT molecular complexity index is 387. The molecule has 86 valence electrons. The van der Waals surface area contributed by atoms with Gasteiger partial charge in [-0.2, -0.15) is 0 Å². The molecule has 5 nitrogen and oxygen atoms in total. The van der Waals surface area contributed by atoms with Crippen LogP contribution >= 0.6 is 0 Å². The van der Waals surface area contributed by atoms with Crippen LogP contribution in [0, 0.1) is 0 Å². The standard InChI is InChI=1S/C11H14N2O3/c1-11(2,6-9(14)15)13-10(16)8-4-3-5-12-7-8/h3-5,7H,6H2,1-2H3,(H,13,16)(H,14,15). The first-order valence-electron chi connectivity index (χ1n) is 4.85. The van der Waals surface area contributed by atoms with E-state index in [4.69, 9.17) is 5.11 Å². The number of nitrogens with one attached hydrogen (secondary N) is 1. The van der Waals surface area contributed by atoms with E-state index in [0.29, 0.717) is 5.56 Å². The van der Waals surface area contributed by atoms with E-state index in [0.717, 1.165) is 0 Å². The van der Waals surface area contributed by atoms with Crippen molar-refractivity contribution in [3.63, 3.8) is 0 Å². The number of rotatable bonds is 4. The van der Waals surface area contributed by atoms with Crippen molar-refractivity contribution in [2.24, 2.45) is 0 Å². The predicted octanol–water partition coefficient (Wildman–Crippen LogP) is 1.06. The Morgan fingerprint density at radius 1 is 1.50 bits per heavy atom.